The summed E-state index contributed by atoms with van der Waals surface area (Å²) < 4.78 is 28.5. The third-order valence-corrected chi connectivity index (χ3v) is 7.11. The van der Waals surface area contributed by atoms with Crippen molar-refractivity contribution >= 4 is 20.8 Å². The summed E-state index contributed by atoms with van der Waals surface area (Å²) in [5.41, 5.74) is 2.60. The smallest absolute Gasteiger partial charge is 0.240 e. The van der Waals surface area contributed by atoms with Gasteiger partial charge in [0.1, 0.15) is 0 Å². The number of likely N-dealkylation sites (tertiary alicyclic amines) is 1. The van der Waals surface area contributed by atoms with Crippen molar-refractivity contribution in [2.75, 3.05) is 19.6 Å². The first-order valence-corrected chi connectivity index (χ1v) is 11.7. The highest BCUT2D eigenvalue weighted by Crippen LogP contribution is 2.21. The molecule has 4 rings (SSSR count). The van der Waals surface area contributed by atoms with Crippen molar-refractivity contribution in [2.45, 2.75) is 31.2 Å². The van der Waals surface area contributed by atoms with Crippen molar-refractivity contribution in [2.24, 2.45) is 5.92 Å². The molecule has 1 heterocycles. The number of fused-ring (bicyclic) bond motifs is 1. The van der Waals surface area contributed by atoms with Crippen molar-refractivity contribution in [3.05, 3.63) is 77.9 Å². The van der Waals surface area contributed by atoms with Crippen LogP contribution in [0.4, 0.5) is 0 Å². The second-order valence-corrected chi connectivity index (χ2v) is 9.86. The maximum absolute atomic E-state index is 12.8. The Morgan fingerprint density at radius 2 is 1.83 bits per heavy atom. The molecule has 1 fully saturated rings. The lowest BCUT2D eigenvalue weighted by molar-refractivity contribution is 0.169. The molecule has 1 N–H and O–H groups in total. The van der Waals surface area contributed by atoms with E-state index in [1.165, 1.54) is 11.1 Å². The zero-order chi connectivity index (χ0) is 20.3. The molecule has 0 amide bonds. The van der Waals surface area contributed by atoms with Gasteiger partial charge in [-0.05, 0) is 60.7 Å². The van der Waals surface area contributed by atoms with Crippen molar-refractivity contribution in [1.29, 1.82) is 0 Å². The fourth-order valence-corrected chi connectivity index (χ4v) is 5.33. The standard InChI is InChI=1S/C24H28N2O2S/c1-19-6-4-7-20(14-19)17-26-13-5-8-21(18-26)16-25-29(27,28)24-12-11-22-9-2-3-10-23(22)15-24/h2-4,6-7,9-12,14-15,21,25H,5,8,13,16-18H2,1H3. The van der Waals surface area contributed by atoms with Crippen molar-refractivity contribution in [1.82, 2.24) is 9.62 Å². The molecule has 152 valence electrons. The summed E-state index contributed by atoms with van der Waals surface area (Å²) in [6, 6.07) is 21.7. The summed E-state index contributed by atoms with van der Waals surface area (Å²) in [6.45, 7) is 5.52. The van der Waals surface area contributed by atoms with Gasteiger partial charge in [-0.25, -0.2) is 13.1 Å². The summed E-state index contributed by atoms with van der Waals surface area (Å²) in [5, 5.41) is 1.99. The molecule has 4 nitrogen and oxygen atoms in total. The number of hydrogen-bond donors (Lipinski definition) is 1. The minimum Gasteiger partial charge on any atom is -0.299 e. The lowest BCUT2D eigenvalue weighted by Gasteiger charge is -2.32. The fraction of sp³-hybridized carbons (Fsp3) is 0.333. The van der Waals surface area contributed by atoms with Crippen molar-refractivity contribution < 1.29 is 8.42 Å². The van der Waals surface area contributed by atoms with E-state index in [2.05, 4.69) is 40.8 Å². The molecule has 0 aliphatic carbocycles. The zero-order valence-corrected chi connectivity index (χ0v) is 17.7. The Balaban J connectivity index is 1.38. The molecule has 0 bridgehead atoms. The minimum absolute atomic E-state index is 0.337. The maximum atomic E-state index is 12.8. The van der Waals surface area contributed by atoms with Gasteiger partial charge in [0.25, 0.3) is 0 Å². The van der Waals surface area contributed by atoms with Crippen LogP contribution in [0.2, 0.25) is 0 Å². The summed E-state index contributed by atoms with van der Waals surface area (Å²) in [6.07, 6.45) is 2.17. The first kappa shape index (κ1) is 20.1. The van der Waals surface area contributed by atoms with E-state index in [9.17, 15) is 8.42 Å². The quantitative estimate of drug-likeness (QED) is 0.660. The van der Waals surface area contributed by atoms with Gasteiger partial charge in [-0.2, -0.15) is 0 Å². The summed E-state index contributed by atoms with van der Waals surface area (Å²) >= 11 is 0. The van der Waals surface area contributed by atoms with E-state index >= 15 is 0 Å². The Morgan fingerprint density at radius 3 is 2.66 bits per heavy atom. The molecule has 3 aromatic carbocycles. The normalized spacial score (nSPS) is 18.2. The molecule has 0 saturated carbocycles. The molecular weight excluding hydrogens is 380 g/mol. The molecule has 1 aliphatic rings. The van der Waals surface area contributed by atoms with Gasteiger partial charge in [0, 0.05) is 19.6 Å². The van der Waals surface area contributed by atoms with Crippen LogP contribution >= 0.6 is 0 Å². The Labute approximate surface area is 173 Å². The Kier molecular flexibility index (Phi) is 5.99. The fourth-order valence-electron chi connectivity index (χ4n) is 4.18. The highest BCUT2D eigenvalue weighted by Gasteiger charge is 2.22. The number of benzene rings is 3. The van der Waals surface area contributed by atoms with E-state index in [0.29, 0.717) is 17.4 Å². The van der Waals surface area contributed by atoms with E-state index in [0.717, 1.165) is 43.2 Å². The number of rotatable bonds is 6. The SMILES string of the molecule is Cc1cccc(CN2CCCC(CNS(=O)(=O)c3ccc4ccccc4c3)C2)c1. The van der Waals surface area contributed by atoms with Crippen LogP contribution in [0.1, 0.15) is 24.0 Å². The van der Waals surface area contributed by atoms with Gasteiger partial charge < -0.3 is 0 Å². The number of sulfonamides is 1. The predicted octanol–water partition coefficient (Wildman–Crippen LogP) is 4.34. The van der Waals surface area contributed by atoms with Gasteiger partial charge in [0.15, 0.2) is 0 Å². The number of nitrogens with one attached hydrogen (secondary N) is 1. The van der Waals surface area contributed by atoms with Crippen LogP contribution in [0.3, 0.4) is 0 Å². The molecule has 1 atom stereocenters. The van der Waals surface area contributed by atoms with Gasteiger partial charge in [0.2, 0.25) is 10.0 Å². The molecule has 0 aromatic heterocycles. The number of piperidine rings is 1. The van der Waals surface area contributed by atoms with Gasteiger partial charge in [0.05, 0.1) is 4.90 Å². The first-order valence-electron chi connectivity index (χ1n) is 10.3. The van der Waals surface area contributed by atoms with Gasteiger partial charge in [-0.15, -0.1) is 0 Å². The van der Waals surface area contributed by atoms with Gasteiger partial charge in [-0.3, -0.25) is 4.90 Å². The van der Waals surface area contributed by atoms with Crippen LogP contribution in [0.15, 0.2) is 71.6 Å². The molecule has 0 spiro atoms. The summed E-state index contributed by atoms with van der Waals surface area (Å²) in [5.74, 6) is 0.337. The molecule has 0 radical (unpaired) electrons. The van der Waals surface area contributed by atoms with Crippen molar-refractivity contribution in [3.8, 4) is 0 Å². The van der Waals surface area contributed by atoms with Gasteiger partial charge >= 0.3 is 0 Å². The molecule has 29 heavy (non-hydrogen) atoms. The average molecular weight is 409 g/mol. The number of hydrogen-bond acceptors (Lipinski definition) is 3. The van der Waals surface area contributed by atoms with Crippen LogP contribution in [-0.2, 0) is 16.6 Å². The summed E-state index contributed by atoms with van der Waals surface area (Å²) in [4.78, 5) is 2.77. The third kappa shape index (κ3) is 5.04. The Bertz CT molecular complexity index is 1090. The zero-order valence-electron chi connectivity index (χ0n) is 16.8. The molecular formula is C24H28N2O2S. The monoisotopic (exact) mass is 408 g/mol. The Morgan fingerprint density at radius 1 is 1.00 bits per heavy atom. The van der Waals surface area contributed by atoms with Gasteiger partial charge in [-0.1, -0.05) is 60.2 Å². The topological polar surface area (TPSA) is 49.4 Å². The van der Waals surface area contributed by atoms with Crippen LogP contribution in [0, 0.1) is 12.8 Å². The highest BCUT2D eigenvalue weighted by molar-refractivity contribution is 7.89. The highest BCUT2D eigenvalue weighted by atomic mass is 32.2. The van der Waals surface area contributed by atoms with E-state index in [1.807, 2.05) is 30.3 Å². The van der Waals surface area contributed by atoms with E-state index in [-0.39, 0.29) is 0 Å². The minimum atomic E-state index is -3.50. The average Bonchev–Trinajstić information content (AvgIpc) is 2.72. The summed E-state index contributed by atoms with van der Waals surface area (Å²) in [7, 11) is -3.50. The van der Waals surface area contributed by atoms with Crippen molar-refractivity contribution in [3.63, 3.8) is 0 Å². The second kappa shape index (κ2) is 8.66. The first-order chi connectivity index (χ1) is 14.0. The maximum Gasteiger partial charge on any atom is 0.240 e. The molecule has 1 unspecified atom stereocenters. The lowest BCUT2D eigenvalue weighted by Crippen LogP contribution is -2.40. The molecule has 1 aliphatic heterocycles. The number of aryl methyl sites for hydroxylation is 1. The van der Waals surface area contributed by atoms with Crippen LogP contribution in [0.25, 0.3) is 10.8 Å². The van der Waals surface area contributed by atoms with E-state index < -0.39 is 10.0 Å². The predicted molar refractivity (Wildman–Crippen MR) is 118 cm³/mol. The van der Waals surface area contributed by atoms with Crippen LogP contribution in [-0.4, -0.2) is 33.0 Å². The lowest BCUT2D eigenvalue weighted by atomic mass is 9.98. The molecule has 1 saturated heterocycles. The van der Waals surface area contributed by atoms with Crippen LogP contribution in [0.5, 0.6) is 0 Å². The second-order valence-electron chi connectivity index (χ2n) is 8.09. The molecule has 5 heteroatoms. The Hall–Kier alpha value is -2.21. The van der Waals surface area contributed by atoms with E-state index in [1.54, 1.807) is 12.1 Å². The number of nitrogens with zero attached hydrogens (tertiary/aromatic N) is 1. The largest absolute Gasteiger partial charge is 0.299 e. The van der Waals surface area contributed by atoms with Crippen LogP contribution < -0.4 is 4.72 Å². The third-order valence-electron chi connectivity index (χ3n) is 5.69. The van der Waals surface area contributed by atoms with E-state index in [4.69, 9.17) is 0 Å². The molecule has 3 aromatic rings.